The Morgan fingerprint density at radius 2 is 1.64 bits per heavy atom. The number of fused-ring (bicyclic) bond motifs is 3. The molecule has 0 unspecified atom stereocenters. The first-order valence-corrected chi connectivity index (χ1v) is 5.02. The highest BCUT2D eigenvalue weighted by Gasteiger charge is 2.13. The van der Waals surface area contributed by atoms with Crippen LogP contribution in [0, 0.1) is 6.07 Å². The van der Waals surface area contributed by atoms with E-state index in [0.717, 1.165) is 6.42 Å². The van der Waals surface area contributed by atoms with E-state index in [-0.39, 0.29) is 0 Å². The molecule has 1 aliphatic carbocycles. The number of aryl methyl sites for hydroxylation is 2. The van der Waals surface area contributed by atoms with Crippen molar-refractivity contribution in [2.24, 2.45) is 0 Å². The van der Waals surface area contributed by atoms with E-state index in [9.17, 15) is 0 Å². The maximum atomic E-state index is 3.15. The fraction of sp³-hybridized carbons (Fsp3) is 0.143. The van der Waals surface area contributed by atoms with Gasteiger partial charge in [-0.2, -0.15) is 0 Å². The first-order valence-electron chi connectivity index (χ1n) is 5.02. The third-order valence-electron chi connectivity index (χ3n) is 2.92. The van der Waals surface area contributed by atoms with E-state index < -0.39 is 0 Å². The Balaban J connectivity index is 2.29. The molecule has 0 saturated heterocycles. The first kappa shape index (κ1) is 7.81. The van der Waals surface area contributed by atoms with Crippen LogP contribution >= 0.6 is 0 Å². The summed E-state index contributed by atoms with van der Waals surface area (Å²) in [4.78, 5) is 0. The molecule has 3 rings (SSSR count). The van der Waals surface area contributed by atoms with E-state index in [1.165, 1.54) is 28.7 Å². The number of rotatable bonds is 0. The van der Waals surface area contributed by atoms with Gasteiger partial charge in [0.15, 0.2) is 0 Å². The Kier molecular flexibility index (Phi) is 1.66. The summed E-state index contributed by atoms with van der Waals surface area (Å²) in [7, 11) is 0. The van der Waals surface area contributed by atoms with Gasteiger partial charge >= 0.3 is 0 Å². The van der Waals surface area contributed by atoms with Crippen LogP contribution in [-0.4, -0.2) is 0 Å². The molecular weight excluding hydrogens is 168 g/mol. The molecule has 0 nitrogen and oxygen atoms in total. The van der Waals surface area contributed by atoms with Crippen LogP contribution in [0.15, 0.2) is 42.5 Å². The molecule has 0 heterocycles. The summed E-state index contributed by atoms with van der Waals surface area (Å²) in [5, 5.41) is 0. The topological polar surface area (TPSA) is 0 Å². The Morgan fingerprint density at radius 3 is 2.64 bits per heavy atom. The van der Waals surface area contributed by atoms with Gasteiger partial charge in [-0.15, -0.1) is 0 Å². The Hall–Kier alpha value is -1.56. The van der Waals surface area contributed by atoms with Gasteiger partial charge < -0.3 is 0 Å². The molecule has 2 aromatic rings. The molecule has 0 atom stereocenters. The Bertz CT molecular complexity index is 423. The predicted octanol–water partition coefficient (Wildman–Crippen LogP) is 3.25. The second-order valence-electron chi connectivity index (χ2n) is 3.74. The number of hydrogen-bond acceptors (Lipinski definition) is 0. The summed E-state index contributed by atoms with van der Waals surface area (Å²) in [5.74, 6) is 0. The van der Waals surface area contributed by atoms with Crippen LogP contribution in [-0.2, 0) is 12.8 Å². The van der Waals surface area contributed by atoms with Gasteiger partial charge in [0.05, 0.1) is 0 Å². The molecule has 0 saturated carbocycles. The van der Waals surface area contributed by atoms with Gasteiger partial charge in [-0.05, 0) is 41.2 Å². The van der Waals surface area contributed by atoms with Crippen LogP contribution in [0.4, 0.5) is 0 Å². The van der Waals surface area contributed by atoms with Crippen LogP contribution in [0.2, 0.25) is 0 Å². The van der Waals surface area contributed by atoms with E-state index in [4.69, 9.17) is 0 Å². The third kappa shape index (κ3) is 1.07. The van der Waals surface area contributed by atoms with Gasteiger partial charge in [0.25, 0.3) is 0 Å². The zero-order valence-corrected chi connectivity index (χ0v) is 7.96. The molecule has 67 valence electrons. The van der Waals surface area contributed by atoms with Crippen molar-refractivity contribution < 1.29 is 0 Å². The summed E-state index contributed by atoms with van der Waals surface area (Å²) in [6, 6.07) is 18.1. The molecule has 1 radical (unpaired) electrons. The van der Waals surface area contributed by atoms with Crippen molar-refractivity contribution in [3.05, 3.63) is 59.7 Å². The van der Waals surface area contributed by atoms with Crippen molar-refractivity contribution in [3.63, 3.8) is 0 Å². The summed E-state index contributed by atoms with van der Waals surface area (Å²) >= 11 is 0. The van der Waals surface area contributed by atoms with Crippen molar-refractivity contribution >= 4 is 0 Å². The van der Waals surface area contributed by atoms with Gasteiger partial charge in [-0.1, -0.05) is 42.5 Å². The molecule has 0 fully saturated rings. The van der Waals surface area contributed by atoms with Crippen LogP contribution in [0.5, 0.6) is 0 Å². The van der Waals surface area contributed by atoms with Gasteiger partial charge in [0.2, 0.25) is 0 Å². The fourth-order valence-corrected chi connectivity index (χ4v) is 2.20. The van der Waals surface area contributed by atoms with Crippen LogP contribution in [0.1, 0.15) is 11.1 Å². The zero-order chi connectivity index (χ0) is 9.38. The molecule has 0 aromatic heterocycles. The standard InChI is InChI=1S/C14H11/c1-3-7-13-11(5-1)9-10-12-6-2-4-8-14(12)13/h1,3-8H,9-10H2. The van der Waals surface area contributed by atoms with Gasteiger partial charge in [-0.3, -0.25) is 0 Å². The van der Waals surface area contributed by atoms with Crippen LogP contribution < -0.4 is 0 Å². The van der Waals surface area contributed by atoms with Crippen molar-refractivity contribution in [2.45, 2.75) is 12.8 Å². The van der Waals surface area contributed by atoms with Crippen molar-refractivity contribution in [1.82, 2.24) is 0 Å². The maximum absolute atomic E-state index is 3.15. The Morgan fingerprint density at radius 1 is 0.857 bits per heavy atom. The average molecular weight is 179 g/mol. The second kappa shape index (κ2) is 2.98. The minimum atomic E-state index is 1.16. The van der Waals surface area contributed by atoms with E-state index in [1.807, 2.05) is 6.07 Å². The maximum Gasteiger partial charge on any atom is -0.0149 e. The fourth-order valence-electron chi connectivity index (χ4n) is 2.20. The van der Waals surface area contributed by atoms with Crippen molar-refractivity contribution in [2.75, 3.05) is 0 Å². The lowest BCUT2D eigenvalue weighted by Crippen LogP contribution is -2.02. The minimum absolute atomic E-state index is 1.16. The average Bonchev–Trinajstić information content (AvgIpc) is 2.29. The van der Waals surface area contributed by atoms with Crippen molar-refractivity contribution in [3.8, 4) is 11.1 Å². The first-order chi connectivity index (χ1) is 6.95. The quantitative estimate of drug-likeness (QED) is 0.582. The normalized spacial score (nSPS) is 13.1. The van der Waals surface area contributed by atoms with E-state index in [0.29, 0.717) is 0 Å². The summed E-state index contributed by atoms with van der Waals surface area (Å²) < 4.78 is 0. The molecule has 0 heteroatoms. The Labute approximate surface area is 84.2 Å². The minimum Gasteiger partial charge on any atom is -0.0620 e. The van der Waals surface area contributed by atoms with Gasteiger partial charge in [0.1, 0.15) is 0 Å². The molecule has 2 aromatic carbocycles. The highest BCUT2D eigenvalue weighted by Crippen LogP contribution is 2.32. The molecular formula is C14H11. The summed E-state index contributed by atoms with van der Waals surface area (Å²) in [6.07, 6.45) is 2.32. The molecule has 1 aliphatic rings. The SMILES string of the molecule is [c]1ccc2c(c1)CCc1ccccc1-2. The molecule has 0 bridgehead atoms. The van der Waals surface area contributed by atoms with E-state index in [2.05, 4.69) is 42.5 Å². The largest absolute Gasteiger partial charge is 0.0620 e. The number of hydrogen-bond donors (Lipinski definition) is 0. The molecule has 0 N–H and O–H groups in total. The summed E-state index contributed by atoms with van der Waals surface area (Å²) in [6.45, 7) is 0. The molecule has 0 aliphatic heterocycles. The monoisotopic (exact) mass is 179 g/mol. The molecule has 0 amide bonds. The van der Waals surface area contributed by atoms with E-state index in [1.54, 1.807) is 0 Å². The number of benzene rings is 2. The lowest BCUT2D eigenvalue weighted by molar-refractivity contribution is 0.941. The smallest absolute Gasteiger partial charge is 0.0149 e. The van der Waals surface area contributed by atoms with Gasteiger partial charge in [0, 0.05) is 0 Å². The highest BCUT2D eigenvalue weighted by molar-refractivity contribution is 5.72. The second-order valence-corrected chi connectivity index (χ2v) is 3.74. The molecule has 14 heavy (non-hydrogen) atoms. The summed E-state index contributed by atoms with van der Waals surface area (Å²) in [5.41, 5.74) is 5.71. The lowest BCUT2D eigenvalue weighted by atomic mass is 9.86. The van der Waals surface area contributed by atoms with E-state index >= 15 is 0 Å². The van der Waals surface area contributed by atoms with Gasteiger partial charge in [-0.25, -0.2) is 0 Å². The highest BCUT2D eigenvalue weighted by atomic mass is 14.2. The third-order valence-corrected chi connectivity index (χ3v) is 2.92. The predicted molar refractivity (Wildman–Crippen MR) is 58.1 cm³/mol. The van der Waals surface area contributed by atoms with Crippen molar-refractivity contribution in [1.29, 1.82) is 0 Å². The van der Waals surface area contributed by atoms with Crippen LogP contribution in [0.3, 0.4) is 0 Å². The zero-order valence-electron chi connectivity index (χ0n) is 7.96. The lowest BCUT2D eigenvalue weighted by Gasteiger charge is -2.18. The van der Waals surface area contributed by atoms with Crippen LogP contribution in [0.25, 0.3) is 11.1 Å². The molecule has 0 spiro atoms.